The Morgan fingerprint density at radius 3 is 2.65 bits per heavy atom. The molecule has 6 heteroatoms. The molecule has 0 saturated carbocycles. The van der Waals surface area contributed by atoms with Crippen LogP contribution in [0.2, 0.25) is 0 Å². The molecule has 1 amide bonds. The van der Waals surface area contributed by atoms with Gasteiger partial charge in [-0.3, -0.25) is 14.5 Å². The summed E-state index contributed by atoms with van der Waals surface area (Å²) >= 11 is 0. The van der Waals surface area contributed by atoms with Gasteiger partial charge >= 0.3 is 6.03 Å². The zero-order valence-corrected chi connectivity index (χ0v) is 11.2. The van der Waals surface area contributed by atoms with Crippen LogP contribution in [0.4, 0.5) is 4.79 Å². The molecule has 0 bridgehead atoms. The molecule has 1 aliphatic rings. The van der Waals surface area contributed by atoms with Gasteiger partial charge < -0.3 is 4.90 Å². The Balaban J connectivity index is 1.53. The summed E-state index contributed by atoms with van der Waals surface area (Å²) < 4.78 is 1.52. The van der Waals surface area contributed by atoms with Crippen LogP contribution in [0.1, 0.15) is 5.56 Å². The first-order chi connectivity index (χ1) is 9.83. The van der Waals surface area contributed by atoms with Crippen molar-refractivity contribution in [2.75, 3.05) is 26.2 Å². The van der Waals surface area contributed by atoms with Crippen molar-refractivity contribution in [3.05, 3.63) is 48.8 Å². The van der Waals surface area contributed by atoms with E-state index < -0.39 is 0 Å². The van der Waals surface area contributed by atoms with Crippen molar-refractivity contribution < 1.29 is 4.79 Å². The van der Waals surface area contributed by atoms with Gasteiger partial charge in [0.15, 0.2) is 0 Å². The van der Waals surface area contributed by atoms with E-state index in [0.717, 1.165) is 32.7 Å². The van der Waals surface area contributed by atoms with Crippen LogP contribution in [0, 0.1) is 0 Å². The van der Waals surface area contributed by atoms with E-state index in [9.17, 15) is 4.79 Å². The third kappa shape index (κ3) is 2.85. The molecule has 0 spiro atoms. The van der Waals surface area contributed by atoms with Crippen LogP contribution in [-0.2, 0) is 6.54 Å². The molecule has 0 aromatic carbocycles. The van der Waals surface area contributed by atoms with Crippen LogP contribution >= 0.6 is 0 Å². The van der Waals surface area contributed by atoms with Crippen LogP contribution in [0.5, 0.6) is 0 Å². The van der Waals surface area contributed by atoms with Gasteiger partial charge in [-0.05, 0) is 11.6 Å². The number of piperazine rings is 1. The average molecular weight is 271 g/mol. The minimum atomic E-state index is 0.00327. The van der Waals surface area contributed by atoms with Gasteiger partial charge in [0, 0.05) is 57.5 Å². The fourth-order valence-corrected chi connectivity index (χ4v) is 2.38. The summed E-state index contributed by atoms with van der Waals surface area (Å²) in [5, 5.41) is 0. The Kier molecular flexibility index (Phi) is 3.73. The van der Waals surface area contributed by atoms with E-state index in [2.05, 4.69) is 20.9 Å². The van der Waals surface area contributed by atoms with E-state index >= 15 is 0 Å². The van der Waals surface area contributed by atoms with Crippen LogP contribution in [0.25, 0.3) is 0 Å². The highest BCUT2D eigenvalue weighted by Gasteiger charge is 2.21. The Labute approximate surface area is 117 Å². The molecule has 1 saturated heterocycles. The van der Waals surface area contributed by atoms with E-state index in [0.29, 0.717) is 0 Å². The molecule has 0 atom stereocenters. The van der Waals surface area contributed by atoms with E-state index in [4.69, 9.17) is 0 Å². The van der Waals surface area contributed by atoms with Crippen molar-refractivity contribution >= 4 is 6.03 Å². The lowest BCUT2D eigenvalue weighted by Gasteiger charge is -2.34. The van der Waals surface area contributed by atoms with Gasteiger partial charge in [-0.2, -0.15) is 0 Å². The molecule has 3 heterocycles. The number of carbonyl (C=O) groups excluding carboxylic acids is 1. The van der Waals surface area contributed by atoms with Gasteiger partial charge in [0.1, 0.15) is 6.33 Å². The molecule has 0 radical (unpaired) electrons. The van der Waals surface area contributed by atoms with Gasteiger partial charge in [0.05, 0.1) is 0 Å². The molecular weight excluding hydrogens is 254 g/mol. The first-order valence-electron chi connectivity index (χ1n) is 6.71. The minimum absolute atomic E-state index is 0.00327. The molecule has 0 aliphatic carbocycles. The Hall–Kier alpha value is -2.21. The topological polar surface area (TPSA) is 54.3 Å². The van der Waals surface area contributed by atoms with E-state index in [1.54, 1.807) is 24.9 Å². The lowest BCUT2D eigenvalue weighted by atomic mass is 10.2. The van der Waals surface area contributed by atoms with E-state index in [1.807, 2.05) is 17.2 Å². The maximum absolute atomic E-state index is 12.1. The zero-order valence-electron chi connectivity index (χ0n) is 11.2. The number of aromatic nitrogens is 3. The molecule has 2 aromatic heterocycles. The highest BCUT2D eigenvalue weighted by molar-refractivity contribution is 5.76. The quantitative estimate of drug-likeness (QED) is 0.819. The number of imidazole rings is 1. The molecule has 104 valence electrons. The number of hydrogen-bond acceptors (Lipinski definition) is 4. The number of pyridine rings is 1. The fraction of sp³-hybridized carbons (Fsp3) is 0.357. The Morgan fingerprint density at radius 1 is 1.15 bits per heavy atom. The van der Waals surface area contributed by atoms with Crippen molar-refractivity contribution in [3.63, 3.8) is 0 Å². The van der Waals surface area contributed by atoms with Crippen molar-refractivity contribution in [1.29, 1.82) is 0 Å². The molecule has 1 fully saturated rings. The number of hydrogen-bond donors (Lipinski definition) is 0. The van der Waals surface area contributed by atoms with Crippen molar-refractivity contribution in [2.24, 2.45) is 0 Å². The SMILES string of the molecule is O=C(N1CCN(Cc2cccnc2)CC1)n1ccnc1. The Morgan fingerprint density at radius 2 is 2.00 bits per heavy atom. The Bertz CT molecular complexity index is 546. The lowest BCUT2D eigenvalue weighted by molar-refractivity contribution is 0.136. The molecule has 3 rings (SSSR count). The van der Waals surface area contributed by atoms with Crippen LogP contribution in [-0.4, -0.2) is 56.5 Å². The monoisotopic (exact) mass is 271 g/mol. The standard InChI is InChI=1S/C14H17N5O/c20-14(19-5-4-16-12-19)18-8-6-17(7-9-18)11-13-2-1-3-15-10-13/h1-5,10,12H,6-9,11H2. The maximum Gasteiger partial charge on any atom is 0.329 e. The highest BCUT2D eigenvalue weighted by atomic mass is 16.2. The van der Waals surface area contributed by atoms with Gasteiger partial charge in [0.25, 0.3) is 0 Å². The summed E-state index contributed by atoms with van der Waals surface area (Å²) in [5.41, 5.74) is 1.21. The van der Waals surface area contributed by atoms with Crippen molar-refractivity contribution in [3.8, 4) is 0 Å². The second-order valence-corrected chi connectivity index (χ2v) is 4.88. The second-order valence-electron chi connectivity index (χ2n) is 4.88. The largest absolute Gasteiger partial charge is 0.329 e. The van der Waals surface area contributed by atoms with Crippen molar-refractivity contribution in [1.82, 2.24) is 24.3 Å². The summed E-state index contributed by atoms with van der Waals surface area (Å²) in [6.07, 6.45) is 8.53. The second kappa shape index (κ2) is 5.83. The van der Waals surface area contributed by atoms with E-state index in [1.165, 1.54) is 10.1 Å². The summed E-state index contributed by atoms with van der Waals surface area (Å²) in [5.74, 6) is 0. The van der Waals surface area contributed by atoms with Crippen LogP contribution in [0.15, 0.2) is 43.2 Å². The van der Waals surface area contributed by atoms with Crippen molar-refractivity contribution in [2.45, 2.75) is 6.54 Å². The third-order valence-electron chi connectivity index (χ3n) is 3.50. The molecule has 20 heavy (non-hydrogen) atoms. The smallest absolute Gasteiger partial charge is 0.321 e. The number of nitrogens with zero attached hydrogens (tertiary/aromatic N) is 5. The molecule has 0 N–H and O–H groups in total. The summed E-state index contributed by atoms with van der Waals surface area (Å²) in [6.45, 7) is 4.15. The maximum atomic E-state index is 12.1. The predicted octanol–water partition coefficient (Wildman–Crippen LogP) is 1.06. The van der Waals surface area contributed by atoms with Gasteiger partial charge in [-0.15, -0.1) is 0 Å². The first-order valence-corrected chi connectivity index (χ1v) is 6.71. The predicted molar refractivity (Wildman–Crippen MR) is 74.1 cm³/mol. The molecule has 1 aliphatic heterocycles. The fourth-order valence-electron chi connectivity index (χ4n) is 2.38. The number of rotatable bonds is 2. The normalized spacial score (nSPS) is 16.3. The van der Waals surface area contributed by atoms with Crippen LogP contribution < -0.4 is 0 Å². The van der Waals surface area contributed by atoms with Gasteiger partial charge in [0.2, 0.25) is 0 Å². The van der Waals surface area contributed by atoms with Gasteiger partial charge in [-0.1, -0.05) is 6.07 Å². The third-order valence-corrected chi connectivity index (χ3v) is 3.50. The number of carbonyl (C=O) groups is 1. The minimum Gasteiger partial charge on any atom is -0.321 e. The van der Waals surface area contributed by atoms with Crippen LogP contribution in [0.3, 0.4) is 0 Å². The van der Waals surface area contributed by atoms with Gasteiger partial charge in [-0.25, -0.2) is 9.78 Å². The first kappa shape index (κ1) is 12.8. The molecule has 2 aromatic rings. The molecule has 0 unspecified atom stereocenters. The molecular formula is C14H17N5O. The average Bonchev–Trinajstić information content (AvgIpc) is 3.03. The molecule has 6 nitrogen and oxygen atoms in total. The van der Waals surface area contributed by atoms with E-state index in [-0.39, 0.29) is 6.03 Å². The highest BCUT2D eigenvalue weighted by Crippen LogP contribution is 2.08. The number of amides is 1. The summed E-state index contributed by atoms with van der Waals surface area (Å²) in [4.78, 5) is 24.4. The lowest BCUT2D eigenvalue weighted by Crippen LogP contribution is -2.49. The zero-order chi connectivity index (χ0) is 13.8. The summed E-state index contributed by atoms with van der Waals surface area (Å²) in [6, 6.07) is 4.04. The summed E-state index contributed by atoms with van der Waals surface area (Å²) in [7, 11) is 0.